The van der Waals surface area contributed by atoms with Gasteiger partial charge in [0.2, 0.25) is 11.8 Å². The Kier molecular flexibility index (Phi) is 6.67. The number of hydrogen-bond acceptors (Lipinski definition) is 3. The molecule has 0 aliphatic carbocycles. The summed E-state index contributed by atoms with van der Waals surface area (Å²) < 4.78 is 5.91. The van der Waals surface area contributed by atoms with Gasteiger partial charge in [-0.1, -0.05) is 48.5 Å². The van der Waals surface area contributed by atoms with Crippen LogP contribution in [0.1, 0.15) is 43.7 Å². The zero-order valence-corrected chi connectivity index (χ0v) is 17.4. The second-order valence-electron chi connectivity index (χ2n) is 8.25. The summed E-state index contributed by atoms with van der Waals surface area (Å²) in [5, 5.41) is 0. The second kappa shape index (κ2) is 9.79. The molecule has 2 amide bonds. The summed E-state index contributed by atoms with van der Waals surface area (Å²) >= 11 is 0. The van der Waals surface area contributed by atoms with Crippen molar-refractivity contribution in [3.8, 4) is 5.75 Å². The molecule has 2 aromatic rings. The Morgan fingerprint density at radius 1 is 0.933 bits per heavy atom. The third-order valence-electron chi connectivity index (χ3n) is 6.18. The maximum absolute atomic E-state index is 13.5. The Morgan fingerprint density at radius 2 is 1.60 bits per heavy atom. The minimum Gasteiger partial charge on any atom is -0.493 e. The number of para-hydroxylation sites is 1. The van der Waals surface area contributed by atoms with E-state index in [4.69, 9.17) is 4.74 Å². The van der Waals surface area contributed by atoms with Crippen molar-refractivity contribution in [1.82, 2.24) is 9.80 Å². The SMILES string of the molecule is O=C(C(c1ccccc1)N1CCCCC1=O)N1CCC(COc2ccccc2)CC1. The molecular weight excluding hydrogens is 376 g/mol. The molecule has 2 aliphatic heterocycles. The minimum absolute atomic E-state index is 0.0545. The molecule has 5 nitrogen and oxygen atoms in total. The predicted molar refractivity (Wildman–Crippen MR) is 116 cm³/mol. The van der Waals surface area contributed by atoms with E-state index in [2.05, 4.69) is 0 Å². The van der Waals surface area contributed by atoms with Crippen molar-refractivity contribution in [3.05, 3.63) is 66.2 Å². The number of nitrogens with zero attached hydrogens (tertiary/aromatic N) is 2. The van der Waals surface area contributed by atoms with Gasteiger partial charge in [0.05, 0.1) is 6.61 Å². The zero-order valence-electron chi connectivity index (χ0n) is 17.4. The molecular formula is C25H30N2O3. The monoisotopic (exact) mass is 406 g/mol. The molecule has 5 heteroatoms. The number of carbonyl (C=O) groups is 2. The normalized spacial score (nSPS) is 18.9. The van der Waals surface area contributed by atoms with Crippen LogP contribution in [0.2, 0.25) is 0 Å². The van der Waals surface area contributed by atoms with Crippen LogP contribution < -0.4 is 4.74 Å². The van der Waals surface area contributed by atoms with Crippen LogP contribution in [0, 0.1) is 5.92 Å². The van der Waals surface area contributed by atoms with Crippen LogP contribution in [0.25, 0.3) is 0 Å². The summed E-state index contributed by atoms with van der Waals surface area (Å²) in [7, 11) is 0. The number of benzene rings is 2. The van der Waals surface area contributed by atoms with E-state index in [9.17, 15) is 9.59 Å². The number of rotatable bonds is 6. The van der Waals surface area contributed by atoms with E-state index in [-0.39, 0.29) is 11.8 Å². The summed E-state index contributed by atoms with van der Waals surface area (Å²) in [6.45, 7) is 2.77. The molecule has 158 valence electrons. The lowest BCUT2D eigenvalue weighted by molar-refractivity contribution is -0.148. The van der Waals surface area contributed by atoms with E-state index < -0.39 is 6.04 Å². The van der Waals surface area contributed by atoms with Crippen LogP contribution in [0.4, 0.5) is 0 Å². The first-order chi connectivity index (χ1) is 14.7. The van der Waals surface area contributed by atoms with Crippen molar-refractivity contribution >= 4 is 11.8 Å². The summed E-state index contributed by atoms with van der Waals surface area (Å²) in [6, 6.07) is 19.1. The Labute approximate surface area is 178 Å². The van der Waals surface area contributed by atoms with E-state index in [1.807, 2.05) is 65.6 Å². The van der Waals surface area contributed by atoms with E-state index in [1.54, 1.807) is 4.90 Å². The van der Waals surface area contributed by atoms with Crippen LogP contribution in [-0.2, 0) is 9.59 Å². The number of carbonyl (C=O) groups excluding carboxylic acids is 2. The van der Waals surface area contributed by atoms with Crippen molar-refractivity contribution < 1.29 is 14.3 Å². The van der Waals surface area contributed by atoms with Gasteiger partial charge in [-0.15, -0.1) is 0 Å². The van der Waals surface area contributed by atoms with Crippen LogP contribution in [0.5, 0.6) is 5.75 Å². The smallest absolute Gasteiger partial charge is 0.250 e. The van der Waals surface area contributed by atoms with Crippen molar-refractivity contribution in [1.29, 1.82) is 0 Å². The number of piperidine rings is 2. The molecule has 2 fully saturated rings. The first kappa shape index (κ1) is 20.5. The fourth-order valence-corrected chi connectivity index (χ4v) is 4.41. The quantitative estimate of drug-likeness (QED) is 0.727. The van der Waals surface area contributed by atoms with Crippen molar-refractivity contribution in [2.45, 2.75) is 38.1 Å². The summed E-state index contributed by atoms with van der Waals surface area (Å²) in [5.74, 6) is 1.48. The van der Waals surface area contributed by atoms with E-state index >= 15 is 0 Å². The highest BCUT2D eigenvalue weighted by Crippen LogP contribution is 2.29. The number of amides is 2. The van der Waals surface area contributed by atoms with Gasteiger partial charge in [-0.3, -0.25) is 9.59 Å². The highest BCUT2D eigenvalue weighted by Gasteiger charge is 2.36. The molecule has 2 aromatic carbocycles. The van der Waals surface area contributed by atoms with E-state index in [0.717, 1.165) is 37.0 Å². The average molecular weight is 407 g/mol. The molecule has 30 heavy (non-hydrogen) atoms. The first-order valence-electron chi connectivity index (χ1n) is 11.0. The highest BCUT2D eigenvalue weighted by atomic mass is 16.5. The summed E-state index contributed by atoms with van der Waals surface area (Å²) in [5.41, 5.74) is 0.910. The maximum Gasteiger partial charge on any atom is 0.250 e. The molecule has 1 unspecified atom stereocenters. The fraction of sp³-hybridized carbons (Fsp3) is 0.440. The van der Waals surface area contributed by atoms with Gasteiger partial charge in [0.25, 0.3) is 0 Å². The van der Waals surface area contributed by atoms with Gasteiger partial charge in [-0.05, 0) is 49.3 Å². The van der Waals surface area contributed by atoms with Gasteiger partial charge in [0.1, 0.15) is 11.8 Å². The predicted octanol–water partition coefficient (Wildman–Crippen LogP) is 4.06. The molecule has 0 N–H and O–H groups in total. The number of ether oxygens (including phenoxy) is 1. The first-order valence-corrected chi connectivity index (χ1v) is 11.0. The topological polar surface area (TPSA) is 49.9 Å². The molecule has 0 saturated carbocycles. The van der Waals surface area contributed by atoms with Crippen LogP contribution in [0.3, 0.4) is 0 Å². The second-order valence-corrected chi connectivity index (χ2v) is 8.25. The van der Waals surface area contributed by atoms with E-state index in [1.165, 1.54) is 0 Å². The Hall–Kier alpha value is -2.82. The molecule has 2 heterocycles. The highest BCUT2D eigenvalue weighted by molar-refractivity contribution is 5.89. The molecule has 0 aromatic heterocycles. The minimum atomic E-state index is -0.504. The zero-order chi connectivity index (χ0) is 20.8. The molecule has 2 saturated heterocycles. The van der Waals surface area contributed by atoms with Crippen molar-refractivity contribution in [3.63, 3.8) is 0 Å². The largest absolute Gasteiger partial charge is 0.493 e. The fourth-order valence-electron chi connectivity index (χ4n) is 4.41. The molecule has 4 rings (SSSR count). The molecule has 2 aliphatic rings. The van der Waals surface area contributed by atoms with Gasteiger partial charge in [-0.25, -0.2) is 0 Å². The molecule has 0 spiro atoms. The van der Waals surface area contributed by atoms with Crippen LogP contribution >= 0.6 is 0 Å². The number of hydrogen-bond donors (Lipinski definition) is 0. The van der Waals surface area contributed by atoms with Gasteiger partial charge in [0.15, 0.2) is 0 Å². The third-order valence-corrected chi connectivity index (χ3v) is 6.18. The summed E-state index contributed by atoms with van der Waals surface area (Å²) in [6.07, 6.45) is 4.26. The third kappa shape index (κ3) is 4.84. The number of likely N-dealkylation sites (tertiary alicyclic amines) is 2. The van der Waals surface area contributed by atoms with Gasteiger partial charge >= 0.3 is 0 Å². The summed E-state index contributed by atoms with van der Waals surface area (Å²) in [4.78, 5) is 29.9. The van der Waals surface area contributed by atoms with Gasteiger partial charge in [-0.2, -0.15) is 0 Å². The molecule has 0 radical (unpaired) electrons. The standard InChI is InChI=1S/C25H30N2O3/c28-23-13-7-8-16-27(23)24(21-9-3-1-4-10-21)25(29)26-17-14-20(15-18-26)19-30-22-11-5-2-6-12-22/h1-6,9-12,20,24H,7-8,13-19H2. The maximum atomic E-state index is 13.5. The lowest BCUT2D eigenvalue weighted by Gasteiger charge is -2.39. The lowest BCUT2D eigenvalue weighted by Crippen LogP contribution is -2.49. The van der Waals surface area contributed by atoms with Gasteiger partial charge < -0.3 is 14.5 Å². The Morgan fingerprint density at radius 3 is 2.27 bits per heavy atom. The van der Waals surface area contributed by atoms with Crippen molar-refractivity contribution in [2.75, 3.05) is 26.2 Å². The Bertz CT molecular complexity index is 832. The Balaban J connectivity index is 1.39. The molecule has 1 atom stereocenters. The average Bonchev–Trinajstić information content (AvgIpc) is 2.81. The van der Waals surface area contributed by atoms with Crippen LogP contribution in [-0.4, -0.2) is 47.9 Å². The molecule has 0 bridgehead atoms. The van der Waals surface area contributed by atoms with Crippen LogP contribution in [0.15, 0.2) is 60.7 Å². The van der Waals surface area contributed by atoms with E-state index in [0.29, 0.717) is 38.6 Å². The van der Waals surface area contributed by atoms with Gasteiger partial charge in [0, 0.05) is 26.1 Å². The lowest BCUT2D eigenvalue weighted by atomic mass is 9.95. The van der Waals surface area contributed by atoms with Crippen molar-refractivity contribution in [2.24, 2.45) is 5.92 Å².